The molecule has 0 radical (unpaired) electrons. The first-order valence-corrected chi connectivity index (χ1v) is 7.68. The highest BCUT2D eigenvalue weighted by Gasteiger charge is 2.16. The number of carboxylic acid groups (broad SMARTS) is 1. The quantitative estimate of drug-likeness (QED) is 0.578. The zero-order valence-electron chi connectivity index (χ0n) is 13.0. The van der Waals surface area contributed by atoms with Crippen molar-refractivity contribution in [1.82, 2.24) is 0 Å². The fourth-order valence-electron chi connectivity index (χ4n) is 2.87. The zero-order chi connectivity index (χ0) is 17.4. The van der Waals surface area contributed by atoms with E-state index in [1.165, 1.54) is 12.1 Å². The van der Waals surface area contributed by atoms with E-state index in [9.17, 15) is 14.7 Å². The maximum atomic E-state index is 12.4. The van der Waals surface area contributed by atoms with Crippen LogP contribution in [0.5, 0.6) is 0 Å². The summed E-state index contributed by atoms with van der Waals surface area (Å²) in [6.07, 6.45) is 0. The number of amides is 1. The number of carbonyl (C=O) groups excluding carboxylic acids is 1. The molecule has 0 unspecified atom stereocenters. The molecule has 0 fully saturated rings. The molecule has 2 N–H and O–H groups in total. The van der Waals surface area contributed by atoms with Crippen molar-refractivity contribution in [2.24, 2.45) is 0 Å². The summed E-state index contributed by atoms with van der Waals surface area (Å²) in [7, 11) is 0. The van der Waals surface area contributed by atoms with Crippen molar-refractivity contribution in [3.05, 3.63) is 77.9 Å². The number of benzene rings is 3. The zero-order valence-corrected chi connectivity index (χ0v) is 13.0. The summed E-state index contributed by atoms with van der Waals surface area (Å²) < 4.78 is 5.80. The van der Waals surface area contributed by atoms with E-state index in [0.717, 1.165) is 16.4 Å². The molecule has 4 aromatic rings. The first kappa shape index (κ1) is 15.0. The first-order chi connectivity index (χ1) is 12.1. The van der Waals surface area contributed by atoms with Crippen LogP contribution in [0.4, 0.5) is 5.69 Å². The highest BCUT2D eigenvalue weighted by Crippen LogP contribution is 2.30. The van der Waals surface area contributed by atoms with Crippen LogP contribution in [0.25, 0.3) is 21.9 Å². The van der Waals surface area contributed by atoms with Crippen molar-refractivity contribution in [1.29, 1.82) is 0 Å². The van der Waals surface area contributed by atoms with E-state index in [-0.39, 0.29) is 11.1 Å². The average molecular weight is 331 g/mol. The van der Waals surface area contributed by atoms with E-state index in [2.05, 4.69) is 5.32 Å². The second kappa shape index (κ2) is 5.79. The molecule has 5 heteroatoms. The van der Waals surface area contributed by atoms with Crippen LogP contribution in [-0.2, 0) is 0 Å². The maximum Gasteiger partial charge on any atom is 0.336 e. The van der Waals surface area contributed by atoms with Gasteiger partial charge in [0.15, 0.2) is 0 Å². The second-order valence-corrected chi connectivity index (χ2v) is 5.61. The molecule has 0 aliphatic rings. The molecule has 0 saturated heterocycles. The number of rotatable bonds is 3. The van der Waals surface area contributed by atoms with E-state index in [4.69, 9.17) is 4.42 Å². The third-order valence-corrected chi connectivity index (χ3v) is 4.04. The van der Waals surface area contributed by atoms with Gasteiger partial charge in [-0.2, -0.15) is 0 Å². The summed E-state index contributed by atoms with van der Waals surface area (Å²) in [6, 6.07) is 19.2. The number of carbonyl (C=O) groups is 2. The standard InChI is InChI=1S/C20H13NO4/c22-19(15-6-1-2-7-16(15)20(23)24)21-12-9-10-14-13-5-3-4-8-17(13)25-18(14)11-12/h1-11H,(H,21,22)(H,23,24). The number of aromatic carboxylic acids is 1. The molecule has 1 amide bonds. The lowest BCUT2D eigenvalue weighted by Crippen LogP contribution is -2.16. The summed E-state index contributed by atoms with van der Waals surface area (Å²) in [5.41, 5.74) is 2.05. The Morgan fingerprint density at radius 2 is 1.48 bits per heavy atom. The molecule has 1 heterocycles. The van der Waals surface area contributed by atoms with Crippen LogP contribution >= 0.6 is 0 Å². The number of fused-ring (bicyclic) bond motifs is 3. The third kappa shape index (κ3) is 2.61. The Bertz CT molecular complexity index is 1130. The predicted octanol–water partition coefficient (Wildman–Crippen LogP) is 4.54. The van der Waals surface area contributed by atoms with Gasteiger partial charge in [-0.1, -0.05) is 30.3 Å². The largest absolute Gasteiger partial charge is 0.478 e. The predicted molar refractivity (Wildman–Crippen MR) is 95.1 cm³/mol. The van der Waals surface area contributed by atoms with E-state index in [1.54, 1.807) is 24.3 Å². The average Bonchev–Trinajstić information content (AvgIpc) is 2.99. The first-order valence-electron chi connectivity index (χ1n) is 7.68. The lowest BCUT2D eigenvalue weighted by atomic mass is 10.1. The van der Waals surface area contributed by atoms with Gasteiger partial charge in [-0.15, -0.1) is 0 Å². The van der Waals surface area contributed by atoms with Gasteiger partial charge in [0, 0.05) is 22.5 Å². The molecule has 25 heavy (non-hydrogen) atoms. The number of hydrogen-bond acceptors (Lipinski definition) is 3. The number of furan rings is 1. The minimum absolute atomic E-state index is 0.0372. The molecule has 0 spiro atoms. The van der Waals surface area contributed by atoms with Crippen LogP contribution in [0.2, 0.25) is 0 Å². The molecule has 5 nitrogen and oxygen atoms in total. The molecule has 3 aromatic carbocycles. The van der Waals surface area contributed by atoms with Crippen LogP contribution in [0.1, 0.15) is 20.7 Å². The van der Waals surface area contributed by atoms with Crippen LogP contribution in [0.15, 0.2) is 71.1 Å². The van der Waals surface area contributed by atoms with Crippen LogP contribution in [-0.4, -0.2) is 17.0 Å². The molecule has 122 valence electrons. The van der Waals surface area contributed by atoms with Gasteiger partial charge in [0.1, 0.15) is 11.2 Å². The molecular formula is C20H13NO4. The molecule has 0 bridgehead atoms. The minimum atomic E-state index is -1.14. The van der Waals surface area contributed by atoms with Crippen molar-refractivity contribution >= 4 is 39.5 Å². The fraction of sp³-hybridized carbons (Fsp3) is 0. The molecule has 1 aromatic heterocycles. The smallest absolute Gasteiger partial charge is 0.336 e. The molecular weight excluding hydrogens is 318 g/mol. The third-order valence-electron chi connectivity index (χ3n) is 4.04. The van der Waals surface area contributed by atoms with Crippen LogP contribution in [0, 0.1) is 0 Å². The monoisotopic (exact) mass is 331 g/mol. The van der Waals surface area contributed by atoms with Gasteiger partial charge in [0.2, 0.25) is 0 Å². The van der Waals surface area contributed by atoms with Gasteiger partial charge in [-0.05, 0) is 30.3 Å². The second-order valence-electron chi connectivity index (χ2n) is 5.61. The highest BCUT2D eigenvalue weighted by molar-refractivity contribution is 6.12. The Hall–Kier alpha value is -3.60. The van der Waals surface area contributed by atoms with Crippen LogP contribution in [0.3, 0.4) is 0 Å². The van der Waals surface area contributed by atoms with Crippen molar-refractivity contribution in [2.45, 2.75) is 0 Å². The van der Waals surface area contributed by atoms with E-state index in [1.807, 2.05) is 30.3 Å². The van der Waals surface area contributed by atoms with Gasteiger partial charge >= 0.3 is 5.97 Å². The molecule has 0 saturated carbocycles. The molecule has 0 aliphatic carbocycles. The van der Waals surface area contributed by atoms with Crippen molar-refractivity contribution in [2.75, 3.05) is 5.32 Å². The maximum absolute atomic E-state index is 12.4. The fourth-order valence-corrected chi connectivity index (χ4v) is 2.87. The van der Waals surface area contributed by atoms with Gasteiger partial charge < -0.3 is 14.8 Å². The Morgan fingerprint density at radius 1 is 0.800 bits per heavy atom. The Balaban J connectivity index is 1.70. The Morgan fingerprint density at radius 3 is 2.28 bits per heavy atom. The highest BCUT2D eigenvalue weighted by atomic mass is 16.4. The van der Waals surface area contributed by atoms with Crippen LogP contribution < -0.4 is 5.32 Å². The number of hydrogen-bond donors (Lipinski definition) is 2. The SMILES string of the molecule is O=C(O)c1ccccc1C(=O)Nc1ccc2c(c1)oc1ccccc12. The lowest BCUT2D eigenvalue weighted by molar-refractivity contribution is 0.0692. The number of anilines is 1. The van der Waals surface area contributed by atoms with Crippen molar-refractivity contribution in [3.63, 3.8) is 0 Å². The van der Waals surface area contributed by atoms with E-state index >= 15 is 0 Å². The van der Waals surface area contributed by atoms with Crippen molar-refractivity contribution in [3.8, 4) is 0 Å². The lowest BCUT2D eigenvalue weighted by Gasteiger charge is -2.07. The molecule has 0 atom stereocenters. The minimum Gasteiger partial charge on any atom is -0.478 e. The normalized spacial score (nSPS) is 10.9. The number of carboxylic acids is 1. The molecule has 0 aliphatic heterocycles. The van der Waals surface area contributed by atoms with E-state index in [0.29, 0.717) is 11.3 Å². The molecule has 4 rings (SSSR count). The van der Waals surface area contributed by atoms with Gasteiger partial charge in [0.25, 0.3) is 5.91 Å². The van der Waals surface area contributed by atoms with Gasteiger partial charge in [-0.3, -0.25) is 4.79 Å². The summed E-state index contributed by atoms with van der Waals surface area (Å²) >= 11 is 0. The number of nitrogens with one attached hydrogen (secondary N) is 1. The summed E-state index contributed by atoms with van der Waals surface area (Å²) in [6.45, 7) is 0. The van der Waals surface area contributed by atoms with Crippen molar-refractivity contribution < 1.29 is 19.1 Å². The Kier molecular flexibility index (Phi) is 3.47. The van der Waals surface area contributed by atoms with Gasteiger partial charge in [0.05, 0.1) is 11.1 Å². The Labute approximate surface area is 142 Å². The summed E-state index contributed by atoms with van der Waals surface area (Å²) in [5.74, 6) is -1.62. The summed E-state index contributed by atoms with van der Waals surface area (Å²) in [5, 5.41) is 13.9. The number of para-hydroxylation sites is 1. The van der Waals surface area contributed by atoms with E-state index < -0.39 is 11.9 Å². The van der Waals surface area contributed by atoms with Gasteiger partial charge in [-0.25, -0.2) is 4.79 Å². The topological polar surface area (TPSA) is 79.5 Å². The summed E-state index contributed by atoms with van der Waals surface area (Å²) in [4.78, 5) is 23.7.